The molecule has 0 amide bonds. The molecule has 0 aliphatic heterocycles. The first-order valence-electron chi connectivity index (χ1n) is 22.2. The van der Waals surface area contributed by atoms with Crippen LogP contribution in [0.25, 0.3) is 21.8 Å². The van der Waals surface area contributed by atoms with E-state index in [1.165, 1.54) is 30.6 Å². The zero-order chi connectivity index (χ0) is 53.1. The number of ether oxygens (including phenoxy) is 3. The van der Waals surface area contributed by atoms with Crippen molar-refractivity contribution in [1.29, 1.82) is 0 Å². The Morgan fingerprint density at radius 2 is 0.890 bits per heavy atom. The fourth-order valence-corrected chi connectivity index (χ4v) is 11.4. The Kier molecular flexibility index (Phi) is 17.8. The molecule has 0 aliphatic rings. The van der Waals surface area contributed by atoms with E-state index in [0.717, 1.165) is 61.5 Å². The van der Waals surface area contributed by atoms with Crippen LogP contribution in [-0.2, 0) is 27.3 Å². The van der Waals surface area contributed by atoms with Gasteiger partial charge < -0.3 is 28.5 Å². The third-order valence-corrected chi connectivity index (χ3v) is 15.3. The van der Waals surface area contributed by atoms with Gasteiger partial charge in [0, 0.05) is 52.4 Å². The van der Waals surface area contributed by atoms with E-state index in [0.29, 0.717) is 50.0 Å². The molecule has 8 rings (SSSR count). The summed E-state index contributed by atoms with van der Waals surface area (Å²) in [7, 11) is 1.36. The second-order valence-electron chi connectivity index (χ2n) is 18.5. The maximum Gasteiger partial charge on any atom is 0.354 e. The highest BCUT2D eigenvalue weighted by molar-refractivity contribution is 9.11. The van der Waals surface area contributed by atoms with Crippen molar-refractivity contribution in [1.82, 2.24) is 9.13 Å². The van der Waals surface area contributed by atoms with Crippen molar-refractivity contribution in [2.75, 3.05) is 7.11 Å². The van der Waals surface area contributed by atoms with E-state index in [-0.39, 0.29) is 11.7 Å². The Morgan fingerprint density at radius 3 is 1.25 bits per heavy atom. The molecule has 1 N–H and O–H groups in total. The molecule has 8 aromatic rings. The highest BCUT2D eigenvalue weighted by Crippen LogP contribution is 2.40. The van der Waals surface area contributed by atoms with Gasteiger partial charge in [-0.1, -0.05) is 126 Å². The molecule has 6 aromatic carbocycles. The average Bonchev–Trinajstić information content (AvgIpc) is 3.87. The zero-order valence-corrected chi connectivity index (χ0v) is 48.1. The molecule has 18 heteroatoms. The lowest BCUT2D eigenvalue weighted by atomic mass is 10.1. The number of carbonyl (C=O) groups is 4. The predicted octanol–water partition coefficient (Wildman–Crippen LogP) is 17.2. The number of aromatic nitrogens is 2. The molecule has 378 valence electrons. The lowest BCUT2D eigenvalue weighted by Crippen LogP contribution is -2.23. The van der Waals surface area contributed by atoms with Crippen LogP contribution in [0.3, 0.4) is 0 Å². The van der Waals surface area contributed by atoms with E-state index in [2.05, 4.69) is 31.9 Å². The molecule has 0 bridgehead atoms. The number of benzene rings is 6. The summed E-state index contributed by atoms with van der Waals surface area (Å²) in [6.07, 6.45) is 0. The van der Waals surface area contributed by atoms with E-state index < -0.39 is 29.1 Å². The number of hydrogen-bond acceptors (Lipinski definition) is 9. The van der Waals surface area contributed by atoms with Crippen molar-refractivity contribution in [3.63, 3.8) is 0 Å². The quantitative estimate of drug-likeness (QED) is 0.0933. The van der Waals surface area contributed by atoms with Gasteiger partial charge in [0.15, 0.2) is 0 Å². The van der Waals surface area contributed by atoms with Crippen molar-refractivity contribution in [3.8, 4) is 0 Å². The van der Waals surface area contributed by atoms with E-state index in [4.69, 9.17) is 60.6 Å². The van der Waals surface area contributed by atoms with Crippen LogP contribution >= 0.6 is 102 Å². The number of aromatic carboxylic acids is 1. The molecule has 0 aliphatic carbocycles. The minimum atomic E-state index is -1.03. The summed E-state index contributed by atoms with van der Waals surface area (Å²) in [5.41, 5.74) is 3.71. The average molecular weight is 1230 g/mol. The third-order valence-electron chi connectivity index (χ3n) is 10.6. The number of halogens is 6. The summed E-state index contributed by atoms with van der Waals surface area (Å²) >= 11 is 34.8. The van der Waals surface area contributed by atoms with E-state index in [1.54, 1.807) is 65.2 Å². The molecule has 0 unspecified atom stereocenters. The lowest BCUT2D eigenvalue weighted by Gasteiger charge is -2.19. The highest BCUT2D eigenvalue weighted by Gasteiger charge is 2.23. The second-order valence-corrected chi connectivity index (χ2v) is 24.1. The molecule has 10 nitrogen and oxygen atoms in total. The zero-order valence-electron chi connectivity index (χ0n) is 40.2. The summed E-state index contributed by atoms with van der Waals surface area (Å²) < 4.78 is 21.2. The SMILES string of the molecule is CC(C)(C)OC(=O)c1ccc(Cn2c(C(=O)O)cc3c(Br)cc(Sc4ccc(Cl)c(Cl)c4)cc32)cc1.COC(=O)c1cc2c(Br)cc(Sc3ccc(Cl)c(Cl)c3)cc2n1Cc1ccc(C(=O)OC(C)(C)C)cc1. The van der Waals surface area contributed by atoms with E-state index in [9.17, 15) is 24.3 Å². The topological polar surface area (TPSA) is 126 Å². The fraction of sp³-hybridized carbons (Fsp3) is 0.200. The third kappa shape index (κ3) is 14.3. The number of hydrogen-bond donors (Lipinski definition) is 1. The number of methoxy groups -OCH3 is 1. The minimum absolute atomic E-state index is 0.165. The summed E-state index contributed by atoms with van der Waals surface area (Å²) in [6.45, 7) is 11.6. The number of esters is 3. The first-order valence-corrected chi connectivity index (χ1v) is 27.0. The number of carboxylic acids is 1. The van der Waals surface area contributed by atoms with Gasteiger partial charge in [-0.25, -0.2) is 19.2 Å². The number of carbonyl (C=O) groups excluding carboxylic acids is 3. The van der Waals surface area contributed by atoms with Crippen LogP contribution < -0.4 is 0 Å². The minimum Gasteiger partial charge on any atom is -0.477 e. The highest BCUT2D eigenvalue weighted by atomic mass is 79.9. The van der Waals surface area contributed by atoms with Crippen LogP contribution in [0.5, 0.6) is 0 Å². The molecular formula is C55H46Br2Cl4N2O8S2. The molecule has 2 aromatic heterocycles. The van der Waals surface area contributed by atoms with Crippen molar-refractivity contribution >= 4 is 147 Å². The van der Waals surface area contributed by atoms with Gasteiger partial charge in [-0.3, -0.25) is 0 Å². The first-order chi connectivity index (χ1) is 34.4. The molecule has 73 heavy (non-hydrogen) atoms. The Hall–Kier alpha value is -4.90. The number of fused-ring (bicyclic) bond motifs is 2. The van der Waals surface area contributed by atoms with Gasteiger partial charge in [0.05, 0.1) is 49.4 Å². The smallest absolute Gasteiger partial charge is 0.354 e. The van der Waals surface area contributed by atoms with E-state index >= 15 is 0 Å². The second kappa shape index (κ2) is 23.3. The van der Waals surface area contributed by atoms with Crippen molar-refractivity contribution in [3.05, 3.63) is 184 Å². The summed E-state index contributed by atoms with van der Waals surface area (Å²) in [6, 6.07) is 36.5. The van der Waals surface area contributed by atoms with Crippen LogP contribution in [0, 0.1) is 0 Å². The number of nitrogens with zero attached hydrogens (tertiary/aromatic N) is 2. The van der Waals surface area contributed by atoms with Crippen molar-refractivity contribution < 1.29 is 38.5 Å². The molecule has 0 saturated carbocycles. The fourth-order valence-electron chi connectivity index (χ4n) is 7.37. The van der Waals surface area contributed by atoms with Crippen molar-refractivity contribution in [2.24, 2.45) is 0 Å². The van der Waals surface area contributed by atoms with Crippen LogP contribution in [0.1, 0.15) is 94.4 Å². The van der Waals surface area contributed by atoms with Gasteiger partial charge in [0.25, 0.3) is 0 Å². The van der Waals surface area contributed by atoms with Crippen LogP contribution in [0.2, 0.25) is 20.1 Å². The molecule has 0 fully saturated rings. The number of rotatable bonds is 12. The molecule has 0 atom stereocenters. The van der Waals surface area contributed by atoms with Gasteiger partial charge in [0.1, 0.15) is 22.6 Å². The molecule has 0 saturated heterocycles. The first kappa shape index (κ1) is 55.8. The van der Waals surface area contributed by atoms with Crippen LogP contribution in [-0.4, -0.2) is 56.4 Å². The molecule has 0 radical (unpaired) electrons. The van der Waals surface area contributed by atoms with Crippen molar-refractivity contribution in [2.45, 2.75) is 85.4 Å². The molecular weight excluding hydrogens is 1180 g/mol. The summed E-state index contributed by atoms with van der Waals surface area (Å²) in [5, 5.41) is 13.5. The largest absolute Gasteiger partial charge is 0.477 e. The Labute approximate surface area is 467 Å². The Bertz CT molecular complexity index is 3420. The Balaban J connectivity index is 0.000000214. The Morgan fingerprint density at radius 1 is 0.507 bits per heavy atom. The van der Waals surface area contributed by atoms with Gasteiger partial charge in [-0.15, -0.1) is 0 Å². The van der Waals surface area contributed by atoms with Crippen LogP contribution in [0.4, 0.5) is 0 Å². The summed E-state index contributed by atoms with van der Waals surface area (Å²) in [5.74, 6) is -2.25. The van der Waals surface area contributed by atoms with Gasteiger partial charge >= 0.3 is 23.9 Å². The predicted molar refractivity (Wildman–Crippen MR) is 300 cm³/mol. The van der Waals surface area contributed by atoms with Gasteiger partial charge in [-0.05, 0) is 150 Å². The molecule has 0 spiro atoms. The normalized spacial score (nSPS) is 11.6. The van der Waals surface area contributed by atoms with Gasteiger partial charge in [-0.2, -0.15) is 0 Å². The van der Waals surface area contributed by atoms with Gasteiger partial charge in [0.2, 0.25) is 0 Å². The number of carboxylic acid groups (broad SMARTS) is 1. The molecule has 2 heterocycles. The summed E-state index contributed by atoms with van der Waals surface area (Å²) in [4.78, 5) is 53.2. The monoisotopic (exact) mass is 1220 g/mol. The van der Waals surface area contributed by atoms with Crippen LogP contribution in [0.15, 0.2) is 150 Å². The van der Waals surface area contributed by atoms with E-state index in [1.807, 2.05) is 107 Å². The maximum atomic E-state index is 12.7. The standard InChI is InChI=1S/C28H24BrCl2NO4S.C27H22BrCl2NO4S/c1-28(2,3)36-26(33)17-7-5-16(6-8-17)15-32-24-13-19(37-18-9-10-22(30)23(31)12-18)11-21(29)20(24)14-25(32)27(34)35-4;1-27(2,3)35-26(34)16-6-4-15(5-7-16)14-31-23-12-18(36-17-8-9-21(29)22(30)11-17)10-20(28)19(23)13-24(31)25(32)33/h5-14H,15H2,1-4H3;4-13H,14H2,1-3H3,(H,32,33). The maximum absolute atomic E-state index is 12.7. The lowest BCUT2D eigenvalue weighted by molar-refractivity contribution is 0.00570.